The number of nitrogens with zero attached hydrogens (tertiary/aromatic N) is 1. The van der Waals surface area contributed by atoms with Gasteiger partial charge in [0, 0.05) is 18.6 Å². The quantitative estimate of drug-likeness (QED) is 0.751. The summed E-state index contributed by atoms with van der Waals surface area (Å²) in [7, 11) is 1.19. The first-order valence-electron chi connectivity index (χ1n) is 7.25. The zero-order valence-electron chi connectivity index (χ0n) is 13.8. The lowest BCUT2D eigenvalue weighted by Gasteiger charge is -2.18. The van der Waals surface area contributed by atoms with Crippen LogP contribution in [-0.2, 0) is 22.3 Å². The maximum absolute atomic E-state index is 12.5. The summed E-state index contributed by atoms with van der Waals surface area (Å²) in [5.74, 6) is 1.07. The van der Waals surface area contributed by atoms with Gasteiger partial charge in [0.15, 0.2) is 11.5 Å². The van der Waals surface area contributed by atoms with E-state index in [1.54, 1.807) is 57.7 Å². The number of sulfonamides is 1. The third-order valence-electron chi connectivity index (χ3n) is 3.57. The minimum atomic E-state index is -3.46. The maximum atomic E-state index is 12.5. The van der Waals surface area contributed by atoms with Gasteiger partial charge in [0.05, 0.1) is 20.0 Å². The van der Waals surface area contributed by atoms with Crippen molar-refractivity contribution in [2.45, 2.75) is 12.3 Å². The van der Waals surface area contributed by atoms with E-state index in [-0.39, 0.29) is 12.3 Å². The lowest BCUT2D eigenvalue weighted by Crippen LogP contribution is -2.27. The van der Waals surface area contributed by atoms with Crippen LogP contribution in [0.15, 0.2) is 42.5 Å². The molecule has 0 saturated carbocycles. The van der Waals surface area contributed by atoms with Gasteiger partial charge in [-0.1, -0.05) is 29.8 Å². The van der Waals surface area contributed by atoms with Gasteiger partial charge in [-0.25, -0.2) is 12.7 Å². The Labute approximate surface area is 147 Å². The van der Waals surface area contributed by atoms with E-state index in [0.29, 0.717) is 22.1 Å². The molecule has 0 aliphatic rings. The Morgan fingerprint density at radius 1 is 1.00 bits per heavy atom. The Morgan fingerprint density at radius 2 is 1.71 bits per heavy atom. The minimum absolute atomic E-state index is 0.0999. The summed E-state index contributed by atoms with van der Waals surface area (Å²) in [6, 6.07) is 12.2. The fourth-order valence-corrected chi connectivity index (χ4v) is 3.66. The largest absolute Gasteiger partial charge is 0.493 e. The zero-order chi connectivity index (χ0) is 17.7. The minimum Gasteiger partial charge on any atom is -0.493 e. The molecule has 0 atom stereocenters. The Kier molecular flexibility index (Phi) is 6.10. The van der Waals surface area contributed by atoms with E-state index in [1.807, 2.05) is 6.07 Å². The van der Waals surface area contributed by atoms with Crippen LogP contribution in [0.5, 0.6) is 11.5 Å². The number of halogens is 1. The van der Waals surface area contributed by atoms with Gasteiger partial charge < -0.3 is 9.47 Å². The van der Waals surface area contributed by atoms with E-state index in [4.69, 9.17) is 21.1 Å². The number of ether oxygens (including phenoxy) is 2. The van der Waals surface area contributed by atoms with Gasteiger partial charge in [0.2, 0.25) is 10.0 Å². The molecule has 7 heteroatoms. The molecule has 0 aromatic heterocycles. The maximum Gasteiger partial charge on any atom is 0.218 e. The van der Waals surface area contributed by atoms with Crippen LogP contribution in [0.2, 0.25) is 5.02 Å². The molecule has 5 nitrogen and oxygen atoms in total. The van der Waals surface area contributed by atoms with E-state index in [1.165, 1.54) is 4.31 Å². The Balaban J connectivity index is 2.14. The molecule has 0 saturated heterocycles. The first-order chi connectivity index (χ1) is 11.4. The number of benzene rings is 2. The average Bonchev–Trinajstić information content (AvgIpc) is 2.54. The molecular formula is C17H20ClNO4S. The van der Waals surface area contributed by atoms with Gasteiger partial charge in [0.25, 0.3) is 0 Å². The fourth-order valence-electron chi connectivity index (χ4n) is 2.28. The number of hydrogen-bond acceptors (Lipinski definition) is 4. The third-order valence-corrected chi connectivity index (χ3v) is 5.58. The highest BCUT2D eigenvalue weighted by Crippen LogP contribution is 2.28. The number of hydrogen-bond donors (Lipinski definition) is 0. The van der Waals surface area contributed by atoms with Gasteiger partial charge in [-0.15, -0.1) is 0 Å². The van der Waals surface area contributed by atoms with Crippen LogP contribution in [0.1, 0.15) is 11.1 Å². The van der Waals surface area contributed by atoms with Gasteiger partial charge >= 0.3 is 0 Å². The molecule has 0 spiro atoms. The SMILES string of the molecule is COc1ccc(CN(C)S(=O)(=O)Cc2cccc(Cl)c2)cc1OC. The van der Waals surface area contributed by atoms with E-state index >= 15 is 0 Å². The van der Waals surface area contributed by atoms with Crippen LogP contribution < -0.4 is 9.47 Å². The van der Waals surface area contributed by atoms with Crippen LogP contribution >= 0.6 is 11.6 Å². The lowest BCUT2D eigenvalue weighted by molar-refractivity contribution is 0.354. The van der Waals surface area contributed by atoms with Crippen molar-refractivity contribution >= 4 is 21.6 Å². The topological polar surface area (TPSA) is 55.8 Å². The summed E-state index contributed by atoms with van der Waals surface area (Å²) >= 11 is 5.91. The summed E-state index contributed by atoms with van der Waals surface area (Å²) in [4.78, 5) is 0. The van der Waals surface area contributed by atoms with Crippen molar-refractivity contribution in [1.82, 2.24) is 4.31 Å². The molecule has 2 rings (SSSR count). The number of methoxy groups -OCH3 is 2. The molecule has 0 unspecified atom stereocenters. The smallest absolute Gasteiger partial charge is 0.218 e. The van der Waals surface area contributed by atoms with E-state index in [2.05, 4.69) is 0 Å². The molecule has 24 heavy (non-hydrogen) atoms. The molecule has 0 aliphatic carbocycles. The normalized spacial score (nSPS) is 11.5. The van der Waals surface area contributed by atoms with Crippen LogP contribution in [-0.4, -0.2) is 34.0 Å². The molecule has 2 aromatic rings. The van der Waals surface area contributed by atoms with Crippen LogP contribution in [0.25, 0.3) is 0 Å². The summed E-state index contributed by atoms with van der Waals surface area (Å²) in [5, 5.41) is 0.519. The molecule has 0 fully saturated rings. The second-order valence-electron chi connectivity index (χ2n) is 5.33. The van der Waals surface area contributed by atoms with Crippen molar-refractivity contribution in [3.8, 4) is 11.5 Å². The second-order valence-corrected chi connectivity index (χ2v) is 7.84. The Morgan fingerprint density at radius 3 is 2.33 bits per heavy atom. The molecule has 0 bridgehead atoms. The molecule has 0 N–H and O–H groups in total. The first-order valence-corrected chi connectivity index (χ1v) is 9.24. The predicted octanol–water partition coefficient (Wildman–Crippen LogP) is 3.32. The highest BCUT2D eigenvalue weighted by molar-refractivity contribution is 7.88. The molecule has 130 valence electrons. The van der Waals surface area contributed by atoms with E-state index < -0.39 is 10.0 Å². The number of rotatable bonds is 7. The summed E-state index contributed by atoms with van der Waals surface area (Å²) < 4.78 is 36.8. The summed E-state index contributed by atoms with van der Waals surface area (Å²) in [6.07, 6.45) is 0. The van der Waals surface area contributed by atoms with Crippen molar-refractivity contribution in [3.05, 3.63) is 58.6 Å². The third kappa shape index (κ3) is 4.63. The molecule has 0 aliphatic heterocycles. The van der Waals surface area contributed by atoms with Crippen molar-refractivity contribution in [1.29, 1.82) is 0 Å². The lowest BCUT2D eigenvalue weighted by atomic mass is 10.2. The van der Waals surface area contributed by atoms with Gasteiger partial charge in [-0.2, -0.15) is 0 Å². The molecule has 2 aromatic carbocycles. The predicted molar refractivity (Wildman–Crippen MR) is 95.1 cm³/mol. The summed E-state index contributed by atoms with van der Waals surface area (Å²) in [5.41, 5.74) is 1.46. The van der Waals surface area contributed by atoms with Crippen LogP contribution in [0.4, 0.5) is 0 Å². The van der Waals surface area contributed by atoms with E-state index in [0.717, 1.165) is 5.56 Å². The second kappa shape index (κ2) is 7.88. The van der Waals surface area contributed by atoms with Crippen molar-refractivity contribution in [2.75, 3.05) is 21.3 Å². The van der Waals surface area contributed by atoms with Gasteiger partial charge in [-0.05, 0) is 35.4 Å². The Bertz CT molecular complexity index is 808. The monoisotopic (exact) mass is 369 g/mol. The highest BCUT2D eigenvalue weighted by atomic mass is 35.5. The molecular weight excluding hydrogens is 350 g/mol. The van der Waals surface area contributed by atoms with Crippen molar-refractivity contribution in [3.63, 3.8) is 0 Å². The summed E-state index contributed by atoms with van der Waals surface area (Å²) in [6.45, 7) is 0.239. The fraction of sp³-hybridized carbons (Fsp3) is 0.294. The highest BCUT2D eigenvalue weighted by Gasteiger charge is 2.19. The van der Waals surface area contributed by atoms with Crippen molar-refractivity contribution in [2.24, 2.45) is 0 Å². The zero-order valence-corrected chi connectivity index (χ0v) is 15.4. The molecule has 0 amide bonds. The Hall–Kier alpha value is -1.76. The van der Waals surface area contributed by atoms with Gasteiger partial charge in [-0.3, -0.25) is 0 Å². The molecule has 0 radical (unpaired) electrons. The van der Waals surface area contributed by atoms with Crippen LogP contribution in [0.3, 0.4) is 0 Å². The first kappa shape index (κ1) is 18.6. The standard InChI is InChI=1S/C17H20ClNO4S/c1-19(11-13-7-8-16(22-2)17(10-13)23-3)24(20,21)12-14-5-4-6-15(18)9-14/h4-10H,11-12H2,1-3H3. The van der Waals surface area contributed by atoms with Crippen molar-refractivity contribution < 1.29 is 17.9 Å². The van der Waals surface area contributed by atoms with E-state index in [9.17, 15) is 8.42 Å². The molecule has 0 heterocycles. The average molecular weight is 370 g/mol. The van der Waals surface area contributed by atoms with Gasteiger partial charge in [0.1, 0.15) is 0 Å². The van der Waals surface area contributed by atoms with Crippen LogP contribution in [0, 0.1) is 0 Å².